The van der Waals surface area contributed by atoms with Crippen LogP contribution in [0, 0.1) is 0 Å². The maximum atomic E-state index is 13.3. The first-order valence-electron chi connectivity index (χ1n) is 10.3. The molecule has 0 radical (unpaired) electrons. The number of nitrogens with zero attached hydrogens (tertiary/aromatic N) is 4. The molecule has 170 valence electrons. The first-order chi connectivity index (χ1) is 15.9. The van der Waals surface area contributed by atoms with Crippen LogP contribution < -0.4 is 15.0 Å². The van der Waals surface area contributed by atoms with Crippen LogP contribution in [0.15, 0.2) is 83.8 Å². The Bertz CT molecular complexity index is 1320. The molecular formula is C24H25N5O3S. The lowest BCUT2D eigenvalue weighted by Crippen LogP contribution is -2.18. The van der Waals surface area contributed by atoms with Crippen LogP contribution in [0.3, 0.4) is 0 Å². The van der Waals surface area contributed by atoms with E-state index in [0.717, 1.165) is 15.3 Å². The van der Waals surface area contributed by atoms with Crippen molar-refractivity contribution < 1.29 is 13.2 Å². The summed E-state index contributed by atoms with van der Waals surface area (Å²) in [6.45, 7) is 0.388. The minimum absolute atomic E-state index is 0.134. The highest BCUT2D eigenvalue weighted by Crippen LogP contribution is 2.24. The lowest BCUT2D eigenvalue weighted by Gasteiger charge is -2.13. The molecule has 0 aliphatic rings. The smallest absolute Gasteiger partial charge is 0.286 e. The average molecular weight is 464 g/mol. The summed E-state index contributed by atoms with van der Waals surface area (Å²) in [4.78, 5) is 6.65. The van der Waals surface area contributed by atoms with Gasteiger partial charge in [-0.25, -0.2) is 0 Å². The van der Waals surface area contributed by atoms with E-state index in [1.54, 1.807) is 49.6 Å². The van der Waals surface area contributed by atoms with Crippen LogP contribution in [0.1, 0.15) is 5.56 Å². The summed E-state index contributed by atoms with van der Waals surface area (Å²) in [5, 5.41) is 7.48. The molecule has 4 aromatic rings. The summed E-state index contributed by atoms with van der Waals surface area (Å²) < 4.78 is 32.8. The van der Waals surface area contributed by atoms with Crippen molar-refractivity contribution in [3.05, 3.63) is 84.4 Å². The van der Waals surface area contributed by atoms with Gasteiger partial charge in [-0.1, -0.05) is 30.3 Å². The average Bonchev–Trinajstić information content (AvgIpc) is 3.29. The van der Waals surface area contributed by atoms with Gasteiger partial charge in [-0.3, -0.25) is 0 Å². The molecule has 1 heterocycles. The fourth-order valence-electron chi connectivity index (χ4n) is 3.22. The van der Waals surface area contributed by atoms with Crippen molar-refractivity contribution >= 4 is 21.7 Å². The molecule has 0 saturated heterocycles. The molecule has 33 heavy (non-hydrogen) atoms. The van der Waals surface area contributed by atoms with Gasteiger partial charge >= 0.3 is 0 Å². The molecule has 0 saturated carbocycles. The molecule has 0 unspecified atom stereocenters. The van der Waals surface area contributed by atoms with Gasteiger partial charge in [-0.15, -0.1) is 9.19 Å². The highest BCUT2D eigenvalue weighted by atomic mass is 32.2. The third kappa shape index (κ3) is 4.83. The molecule has 0 aliphatic carbocycles. The molecule has 0 atom stereocenters. The summed E-state index contributed by atoms with van der Waals surface area (Å²) >= 11 is 0. The predicted molar refractivity (Wildman–Crippen MR) is 129 cm³/mol. The number of benzene rings is 3. The van der Waals surface area contributed by atoms with Crippen molar-refractivity contribution in [2.45, 2.75) is 11.4 Å². The molecule has 8 nitrogen and oxygen atoms in total. The monoisotopic (exact) mass is 463 g/mol. The molecular weight excluding hydrogens is 438 g/mol. The lowest BCUT2D eigenvalue weighted by atomic mass is 10.2. The standard InChI is InChI=1S/C24H25N5O3S/c1-28(2)20-13-9-18(10-14-20)17-25-24-26-23(19-11-15-21(32-3)16-12-19)27-29(24)33(30,31)22-7-5-4-6-8-22/h4-16H,17H2,1-3H3,(H,25,26,27). The Balaban J connectivity index is 1.69. The van der Waals surface area contributed by atoms with Gasteiger partial charge in [-0.05, 0) is 54.1 Å². The van der Waals surface area contributed by atoms with E-state index in [2.05, 4.69) is 15.4 Å². The maximum Gasteiger partial charge on any atom is 0.286 e. The minimum Gasteiger partial charge on any atom is -0.497 e. The Morgan fingerprint density at radius 1 is 0.939 bits per heavy atom. The van der Waals surface area contributed by atoms with E-state index in [0.29, 0.717) is 23.7 Å². The summed E-state index contributed by atoms with van der Waals surface area (Å²) in [6, 6.07) is 23.3. The summed E-state index contributed by atoms with van der Waals surface area (Å²) in [7, 11) is 1.60. The Morgan fingerprint density at radius 3 is 2.21 bits per heavy atom. The van der Waals surface area contributed by atoms with E-state index in [-0.39, 0.29) is 10.8 Å². The number of hydrogen-bond acceptors (Lipinski definition) is 7. The SMILES string of the molecule is COc1ccc(-c2nc(NCc3ccc(N(C)C)cc3)n(S(=O)(=O)c3ccccc3)n2)cc1. The van der Waals surface area contributed by atoms with Gasteiger partial charge in [0.15, 0.2) is 5.82 Å². The van der Waals surface area contributed by atoms with Crippen LogP contribution in [-0.4, -0.2) is 43.8 Å². The summed E-state index contributed by atoms with van der Waals surface area (Å²) in [5.74, 6) is 1.12. The van der Waals surface area contributed by atoms with Crippen molar-refractivity contribution in [2.24, 2.45) is 0 Å². The number of rotatable bonds is 8. The zero-order chi connectivity index (χ0) is 23.4. The van der Waals surface area contributed by atoms with Gasteiger partial charge in [0.05, 0.1) is 12.0 Å². The molecule has 1 aromatic heterocycles. The number of anilines is 2. The second kappa shape index (κ2) is 9.33. The Kier molecular flexibility index (Phi) is 6.32. The van der Waals surface area contributed by atoms with Gasteiger partial charge in [0.2, 0.25) is 5.95 Å². The van der Waals surface area contributed by atoms with Crippen LogP contribution in [0.2, 0.25) is 0 Å². The number of hydrogen-bond donors (Lipinski definition) is 1. The van der Waals surface area contributed by atoms with Gasteiger partial charge in [0, 0.05) is 31.9 Å². The quantitative estimate of drug-likeness (QED) is 0.424. The third-order valence-electron chi connectivity index (χ3n) is 5.10. The highest BCUT2D eigenvalue weighted by Gasteiger charge is 2.24. The number of aromatic nitrogens is 3. The predicted octanol–water partition coefficient (Wildman–Crippen LogP) is 3.87. The van der Waals surface area contributed by atoms with Crippen LogP contribution in [-0.2, 0) is 16.6 Å². The van der Waals surface area contributed by atoms with Gasteiger partial charge < -0.3 is 15.0 Å². The normalized spacial score (nSPS) is 11.2. The fraction of sp³-hybridized carbons (Fsp3) is 0.167. The van der Waals surface area contributed by atoms with E-state index in [9.17, 15) is 8.42 Å². The van der Waals surface area contributed by atoms with Gasteiger partial charge in [0.1, 0.15) is 5.75 Å². The summed E-state index contributed by atoms with van der Waals surface area (Å²) in [5.41, 5.74) is 2.74. The van der Waals surface area contributed by atoms with E-state index >= 15 is 0 Å². The fourth-order valence-corrected chi connectivity index (χ4v) is 4.44. The molecule has 0 amide bonds. The van der Waals surface area contributed by atoms with Crippen LogP contribution >= 0.6 is 0 Å². The second-order valence-electron chi connectivity index (χ2n) is 7.56. The van der Waals surface area contributed by atoms with Crippen molar-refractivity contribution in [1.29, 1.82) is 0 Å². The third-order valence-corrected chi connectivity index (χ3v) is 6.68. The van der Waals surface area contributed by atoms with Crippen molar-refractivity contribution in [3.63, 3.8) is 0 Å². The van der Waals surface area contributed by atoms with Crippen molar-refractivity contribution in [3.8, 4) is 17.1 Å². The van der Waals surface area contributed by atoms with Crippen molar-refractivity contribution in [1.82, 2.24) is 14.2 Å². The van der Waals surface area contributed by atoms with E-state index in [1.165, 1.54) is 12.1 Å². The van der Waals surface area contributed by atoms with E-state index < -0.39 is 10.0 Å². The number of methoxy groups -OCH3 is 1. The Morgan fingerprint density at radius 2 is 1.61 bits per heavy atom. The molecule has 4 rings (SSSR count). The van der Waals surface area contributed by atoms with Gasteiger partial charge in [0.25, 0.3) is 10.0 Å². The van der Waals surface area contributed by atoms with Crippen LogP contribution in [0.4, 0.5) is 11.6 Å². The first kappa shape index (κ1) is 22.3. The molecule has 3 aromatic carbocycles. The van der Waals surface area contributed by atoms with Gasteiger partial charge in [-0.2, -0.15) is 13.4 Å². The van der Waals surface area contributed by atoms with Crippen LogP contribution in [0.5, 0.6) is 5.75 Å². The second-order valence-corrected chi connectivity index (χ2v) is 9.33. The summed E-state index contributed by atoms with van der Waals surface area (Å²) in [6.07, 6.45) is 0. The largest absolute Gasteiger partial charge is 0.497 e. The first-order valence-corrected chi connectivity index (χ1v) is 11.7. The lowest BCUT2D eigenvalue weighted by molar-refractivity contribution is 0.415. The van der Waals surface area contributed by atoms with E-state index in [1.807, 2.05) is 43.3 Å². The zero-order valence-corrected chi connectivity index (χ0v) is 19.5. The molecule has 0 bridgehead atoms. The zero-order valence-electron chi connectivity index (χ0n) is 18.6. The number of nitrogens with one attached hydrogen (secondary N) is 1. The topological polar surface area (TPSA) is 89.4 Å². The molecule has 1 N–H and O–H groups in total. The number of ether oxygens (including phenoxy) is 1. The molecule has 9 heteroatoms. The highest BCUT2D eigenvalue weighted by molar-refractivity contribution is 7.90. The Hall–Kier alpha value is -3.85. The molecule has 0 fully saturated rings. The van der Waals surface area contributed by atoms with Crippen molar-refractivity contribution in [2.75, 3.05) is 31.4 Å². The minimum atomic E-state index is -3.94. The Labute approximate surface area is 193 Å². The molecule has 0 aliphatic heterocycles. The molecule has 0 spiro atoms. The van der Waals surface area contributed by atoms with Crippen LogP contribution in [0.25, 0.3) is 11.4 Å². The maximum absolute atomic E-state index is 13.3. The van der Waals surface area contributed by atoms with E-state index in [4.69, 9.17) is 4.74 Å².